The van der Waals surface area contributed by atoms with Gasteiger partial charge in [-0.3, -0.25) is 19.7 Å². The number of carbonyl (C=O) groups excluding carboxylic acids is 1. The molecule has 0 bridgehead atoms. The summed E-state index contributed by atoms with van der Waals surface area (Å²) in [5.41, 5.74) is -0.245. The van der Waals surface area contributed by atoms with Gasteiger partial charge in [-0.05, 0) is 12.5 Å². The van der Waals surface area contributed by atoms with Crippen LogP contribution in [0, 0.1) is 10.1 Å². The van der Waals surface area contributed by atoms with Gasteiger partial charge in [-0.2, -0.15) is 0 Å². The SMILES string of the molecule is CCCN(CC(=O)O)C(=O)COc1ccccc1[N+](=O)[O-]. The predicted octanol–water partition coefficient (Wildman–Crippen LogP) is 1.30. The standard InChI is InChI=1S/C13H16N2O6/c1-2-7-14(8-13(17)18)12(16)9-21-11-6-4-3-5-10(11)15(19)20/h3-6H,2,7-9H2,1H3,(H,17,18). The fraction of sp³-hybridized carbons (Fsp3) is 0.385. The molecular weight excluding hydrogens is 280 g/mol. The third-order valence-electron chi connectivity index (χ3n) is 2.59. The molecule has 0 radical (unpaired) electrons. The number of hydrogen-bond acceptors (Lipinski definition) is 5. The van der Waals surface area contributed by atoms with Gasteiger partial charge < -0.3 is 14.7 Å². The Kier molecular flexibility index (Phi) is 6.12. The van der Waals surface area contributed by atoms with Crippen LogP contribution in [0.15, 0.2) is 24.3 Å². The second-order valence-electron chi connectivity index (χ2n) is 4.22. The molecule has 114 valence electrons. The highest BCUT2D eigenvalue weighted by Gasteiger charge is 2.19. The van der Waals surface area contributed by atoms with Crippen molar-refractivity contribution in [3.63, 3.8) is 0 Å². The molecule has 21 heavy (non-hydrogen) atoms. The van der Waals surface area contributed by atoms with Gasteiger partial charge in [-0.25, -0.2) is 0 Å². The van der Waals surface area contributed by atoms with Gasteiger partial charge in [-0.1, -0.05) is 19.1 Å². The number of hydrogen-bond donors (Lipinski definition) is 1. The molecule has 8 heteroatoms. The van der Waals surface area contributed by atoms with Crippen LogP contribution in [-0.4, -0.2) is 46.5 Å². The van der Waals surface area contributed by atoms with Gasteiger partial charge in [0.25, 0.3) is 5.91 Å². The van der Waals surface area contributed by atoms with Crippen molar-refractivity contribution in [2.75, 3.05) is 19.7 Å². The van der Waals surface area contributed by atoms with E-state index < -0.39 is 30.0 Å². The second kappa shape index (κ2) is 7.83. The van der Waals surface area contributed by atoms with Gasteiger partial charge in [0.2, 0.25) is 0 Å². The number of aliphatic carboxylic acids is 1. The molecule has 0 unspecified atom stereocenters. The van der Waals surface area contributed by atoms with Crippen molar-refractivity contribution < 1.29 is 24.4 Å². The van der Waals surface area contributed by atoms with E-state index in [-0.39, 0.29) is 18.0 Å². The monoisotopic (exact) mass is 296 g/mol. The minimum atomic E-state index is -1.12. The number of carboxylic acid groups (broad SMARTS) is 1. The summed E-state index contributed by atoms with van der Waals surface area (Å²) in [6.07, 6.45) is 0.602. The summed E-state index contributed by atoms with van der Waals surface area (Å²) in [6, 6.07) is 5.68. The number of benzene rings is 1. The lowest BCUT2D eigenvalue weighted by Gasteiger charge is -2.19. The molecule has 0 aliphatic heterocycles. The summed E-state index contributed by atoms with van der Waals surface area (Å²) >= 11 is 0. The molecule has 0 aliphatic carbocycles. The van der Waals surface area contributed by atoms with Crippen molar-refractivity contribution in [3.8, 4) is 5.75 Å². The molecule has 8 nitrogen and oxygen atoms in total. The maximum absolute atomic E-state index is 11.9. The second-order valence-corrected chi connectivity index (χ2v) is 4.22. The van der Waals surface area contributed by atoms with E-state index in [4.69, 9.17) is 9.84 Å². The van der Waals surface area contributed by atoms with E-state index in [0.29, 0.717) is 6.42 Å². The van der Waals surface area contributed by atoms with Crippen LogP contribution in [0.1, 0.15) is 13.3 Å². The molecule has 0 aromatic heterocycles. The van der Waals surface area contributed by atoms with Crippen molar-refractivity contribution in [2.24, 2.45) is 0 Å². The normalized spacial score (nSPS) is 9.95. The highest BCUT2D eigenvalue weighted by Crippen LogP contribution is 2.25. The Balaban J connectivity index is 2.71. The van der Waals surface area contributed by atoms with Crippen LogP contribution in [0.4, 0.5) is 5.69 Å². The first-order valence-electron chi connectivity index (χ1n) is 6.31. The van der Waals surface area contributed by atoms with E-state index in [2.05, 4.69) is 0 Å². The van der Waals surface area contributed by atoms with Crippen molar-refractivity contribution in [3.05, 3.63) is 34.4 Å². The number of nitrogens with zero attached hydrogens (tertiary/aromatic N) is 2. The van der Waals surface area contributed by atoms with Gasteiger partial charge in [0.05, 0.1) is 4.92 Å². The van der Waals surface area contributed by atoms with Crippen molar-refractivity contribution in [2.45, 2.75) is 13.3 Å². The summed E-state index contributed by atoms with van der Waals surface area (Å²) in [4.78, 5) is 33.9. The first-order chi connectivity index (χ1) is 9.95. The Bertz CT molecular complexity index is 531. The third-order valence-corrected chi connectivity index (χ3v) is 2.59. The molecule has 1 aromatic carbocycles. The predicted molar refractivity (Wildman–Crippen MR) is 73.1 cm³/mol. The Hall–Kier alpha value is -2.64. The number of ether oxygens (including phenoxy) is 1. The van der Waals surface area contributed by atoms with Crippen LogP contribution >= 0.6 is 0 Å². The third kappa shape index (κ3) is 5.09. The summed E-state index contributed by atoms with van der Waals surface area (Å²) in [5, 5.41) is 19.5. The lowest BCUT2D eigenvalue weighted by atomic mass is 10.3. The zero-order valence-electron chi connectivity index (χ0n) is 11.5. The summed E-state index contributed by atoms with van der Waals surface area (Å²) in [7, 11) is 0. The molecule has 0 saturated carbocycles. The fourth-order valence-electron chi connectivity index (χ4n) is 1.69. The van der Waals surface area contributed by atoms with Gasteiger partial charge in [0, 0.05) is 12.6 Å². The van der Waals surface area contributed by atoms with Crippen molar-refractivity contribution in [1.82, 2.24) is 4.90 Å². The number of amides is 1. The maximum Gasteiger partial charge on any atom is 0.323 e. The maximum atomic E-state index is 11.9. The molecule has 1 amide bonds. The number of carboxylic acids is 1. The lowest BCUT2D eigenvalue weighted by molar-refractivity contribution is -0.385. The molecule has 1 N–H and O–H groups in total. The number of rotatable bonds is 8. The van der Waals surface area contributed by atoms with E-state index in [1.54, 1.807) is 6.07 Å². The fourth-order valence-corrected chi connectivity index (χ4v) is 1.69. The zero-order valence-corrected chi connectivity index (χ0v) is 11.5. The average Bonchev–Trinajstić information content (AvgIpc) is 2.44. The van der Waals surface area contributed by atoms with Crippen LogP contribution in [0.5, 0.6) is 5.75 Å². The van der Waals surface area contributed by atoms with Gasteiger partial charge in [0.15, 0.2) is 12.4 Å². The van der Waals surface area contributed by atoms with Crippen molar-refractivity contribution in [1.29, 1.82) is 0 Å². The van der Waals surface area contributed by atoms with E-state index in [9.17, 15) is 19.7 Å². The molecule has 0 atom stereocenters. The van der Waals surface area contributed by atoms with Crippen LogP contribution in [0.2, 0.25) is 0 Å². The Morgan fingerprint density at radius 2 is 2.05 bits per heavy atom. The molecule has 0 spiro atoms. The topological polar surface area (TPSA) is 110 Å². The number of para-hydroxylation sites is 2. The molecule has 0 saturated heterocycles. The van der Waals surface area contributed by atoms with Crippen LogP contribution in [-0.2, 0) is 9.59 Å². The average molecular weight is 296 g/mol. The zero-order chi connectivity index (χ0) is 15.8. The Morgan fingerprint density at radius 1 is 1.38 bits per heavy atom. The first-order valence-corrected chi connectivity index (χ1v) is 6.31. The largest absolute Gasteiger partial charge is 0.480 e. The molecule has 1 rings (SSSR count). The minimum absolute atomic E-state index is 0.0253. The summed E-state index contributed by atoms with van der Waals surface area (Å²) < 4.78 is 5.14. The Morgan fingerprint density at radius 3 is 2.62 bits per heavy atom. The van der Waals surface area contributed by atoms with Crippen LogP contribution in [0.25, 0.3) is 0 Å². The van der Waals surface area contributed by atoms with Crippen LogP contribution < -0.4 is 4.74 Å². The number of carbonyl (C=O) groups is 2. The van der Waals surface area contributed by atoms with E-state index >= 15 is 0 Å². The molecule has 0 fully saturated rings. The smallest absolute Gasteiger partial charge is 0.323 e. The molecule has 0 heterocycles. The minimum Gasteiger partial charge on any atom is -0.480 e. The quantitative estimate of drug-likeness (QED) is 0.572. The number of nitro benzene ring substituents is 1. The van der Waals surface area contributed by atoms with Gasteiger partial charge in [0.1, 0.15) is 6.54 Å². The van der Waals surface area contributed by atoms with Crippen LogP contribution in [0.3, 0.4) is 0 Å². The summed E-state index contributed by atoms with van der Waals surface area (Å²) in [5.74, 6) is -1.68. The van der Waals surface area contributed by atoms with Crippen molar-refractivity contribution >= 4 is 17.6 Å². The van der Waals surface area contributed by atoms with E-state index in [0.717, 1.165) is 4.90 Å². The molecule has 1 aromatic rings. The number of nitro groups is 1. The highest BCUT2D eigenvalue weighted by atomic mass is 16.6. The van der Waals surface area contributed by atoms with E-state index in [1.165, 1.54) is 18.2 Å². The Labute approximate surface area is 121 Å². The molecular formula is C13H16N2O6. The molecule has 0 aliphatic rings. The summed E-state index contributed by atoms with van der Waals surface area (Å²) in [6.45, 7) is 1.22. The van der Waals surface area contributed by atoms with Gasteiger partial charge in [-0.15, -0.1) is 0 Å². The van der Waals surface area contributed by atoms with E-state index in [1.807, 2.05) is 6.92 Å². The lowest BCUT2D eigenvalue weighted by Crippen LogP contribution is -2.39. The first kappa shape index (κ1) is 16.4. The van der Waals surface area contributed by atoms with Gasteiger partial charge >= 0.3 is 11.7 Å². The highest BCUT2D eigenvalue weighted by molar-refractivity contribution is 5.82.